The first-order chi connectivity index (χ1) is 13.3. The van der Waals surface area contributed by atoms with Gasteiger partial charge >= 0.3 is 0 Å². The van der Waals surface area contributed by atoms with Crippen LogP contribution >= 0.6 is 35.6 Å². The van der Waals surface area contributed by atoms with Crippen molar-refractivity contribution < 1.29 is 4.74 Å². The fourth-order valence-corrected chi connectivity index (χ4v) is 4.05. The molecule has 0 aromatic heterocycles. The van der Waals surface area contributed by atoms with E-state index in [1.165, 1.54) is 10.8 Å². The molecular formula is C22H23Cl3N2O. The maximum atomic E-state index is 6.22. The Balaban J connectivity index is 0.00000225. The van der Waals surface area contributed by atoms with Crippen LogP contribution in [0.1, 0.15) is 0 Å². The van der Waals surface area contributed by atoms with Gasteiger partial charge in [0.2, 0.25) is 0 Å². The Hall–Kier alpha value is -1.65. The molecule has 0 unspecified atom stereocenters. The van der Waals surface area contributed by atoms with Crippen molar-refractivity contribution in [1.82, 2.24) is 4.90 Å². The third kappa shape index (κ3) is 4.33. The molecule has 6 heteroatoms. The summed E-state index contributed by atoms with van der Waals surface area (Å²) in [6.45, 7) is 3.41. The molecule has 0 fully saturated rings. The van der Waals surface area contributed by atoms with Crippen LogP contribution in [0, 0.1) is 0 Å². The van der Waals surface area contributed by atoms with Crippen LogP contribution in [0.15, 0.2) is 60.7 Å². The SMILES string of the molecule is Cl.ClCCN(CCCl)CCN1c2ccccc2Oc2cc3ccccc3cc21. The molecular weight excluding hydrogens is 415 g/mol. The Morgan fingerprint density at radius 3 is 2.11 bits per heavy atom. The first kappa shape index (κ1) is 21.1. The minimum atomic E-state index is 0. The van der Waals surface area contributed by atoms with Crippen molar-refractivity contribution in [3.05, 3.63) is 60.7 Å². The highest BCUT2D eigenvalue weighted by molar-refractivity contribution is 6.18. The smallest absolute Gasteiger partial charge is 0.151 e. The Bertz CT molecular complexity index is 929. The van der Waals surface area contributed by atoms with E-state index in [1.54, 1.807) is 0 Å². The largest absolute Gasteiger partial charge is 0.453 e. The number of rotatable bonds is 7. The van der Waals surface area contributed by atoms with Crippen LogP contribution in [0.2, 0.25) is 0 Å². The molecule has 0 radical (unpaired) electrons. The summed E-state index contributed by atoms with van der Waals surface area (Å²) >= 11 is 11.9. The van der Waals surface area contributed by atoms with Crippen LogP contribution in [0.3, 0.4) is 0 Å². The molecule has 3 nitrogen and oxygen atoms in total. The molecule has 1 heterocycles. The molecule has 3 aromatic carbocycles. The number of alkyl halides is 2. The molecule has 148 valence electrons. The van der Waals surface area contributed by atoms with Gasteiger partial charge in [-0.05, 0) is 35.0 Å². The van der Waals surface area contributed by atoms with E-state index in [-0.39, 0.29) is 12.4 Å². The molecule has 0 saturated heterocycles. The van der Waals surface area contributed by atoms with Crippen LogP contribution in [0.4, 0.5) is 11.4 Å². The lowest BCUT2D eigenvalue weighted by atomic mass is 10.1. The van der Waals surface area contributed by atoms with Crippen LogP contribution in [-0.2, 0) is 0 Å². The summed E-state index contributed by atoms with van der Waals surface area (Å²) in [5.74, 6) is 3.01. The lowest BCUT2D eigenvalue weighted by molar-refractivity contribution is 0.315. The topological polar surface area (TPSA) is 15.7 Å². The van der Waals surface area contributed by atoms with Crippen molar-refractivity contribution in [3.63, 3.8) is 0 Å². The maximum absolute atomic E-state index is 6.22. The van der Waals surface area contributed by atoms with Gasteiger partial charge in [0.05, 0.1) is 11.4 Å². The van der Waals surface area contributed by atoms with Gasteiger partial charge in [-0.15, -0.1) is 35.6 Å². The Morgan fingerprint density at radius 1 is 0.750 bits per heavy atom. The minimum absolute atomic E-state index is 0. The quantitative estimate of drug-likeness (QED) is 0.404. The van der Waals surface area contributed by atoms with Crippen LogP contribution < -0.4 is 9.64 Å². The number of anilines is 2. The number of ether oxygens (including phenoxy) is 1. The zero-order chi connectivity index (χ0) is 18.6. The van der Waals surface area contributed by atoms with Gasteiger partial charge in [0, 0.05) is 37.9 Å². The number of benzene rings is 3. The van der Waals surface area contributed by atoms with Gasteiger partial charge < -0.3 is 9.64 Å². The molecule has 28 heavy (non-hydrogen) atoms. The number of hydrogen-bond donors (Lipinski definition) is 0. The standard InChI is InChI=1S/C22H22Cl2N2O.ClH/c23-9-11-25(12-10-24)13-14-26-19-7-3-4-8-21(19)27-22-16-18-6-2-1-5-17(18)15-20(22)26;/h1-8,15-16H,9-14H2;1H. The van der Waals surface area contributed by atoms with Gasteiger partial charge in [-0.1, -0.05) is 36.4 Å². The molecule has 4 rings (SSSR count). The summed E-state index contributed by atoms with van der Waals surface area (Å²) in [4.78, 5) is 4.65. The molecule has 0 bridgehead atoms. The average molecular weight is 438 g/mol. The van der Waals surface area contributed by atoms with Crippen LogP contribution in [0.5, 0.6) is 11.5 Å². The number of hydrogen-bond acceptors (Lipinski definition) is 3. The van der Waals surface area contributed by atoms with E-state index in [0.29, 0.717) is 11.8 Å². The van der Waals surface area contributed by atoms with Crippen molar-refractivity contribution >= 4 is 57.8 Å². The zero-order valence-electron chi connectivity index (χ0n) is 15.5. The van der Waals surface area contributed by atoms with Crippen LogP contribution in [-0.4, -0.2) is 42.8 Å². The van der Waals surface area contributed by atoms with Gasteiger partial charge in [-0.25, -0.2) is 0 Å². The van der Waals surface area contributed by atoms with Gasteiger partial charge in [0.1, 0.15) is 0 Å². The zero-order valence-corrected chi connectivity index (χ0v) is 17.8. The summed E-state index contributed by atoms with van der Waals surface area (Å²) in [6.07, 6.45) is 0. The van der Waals surface area contributed by atoms with Crippen molar-refractivity contribution in [2.75, 3.05) is 42.8 Å². The predicted molar refractivity (Wildman–Crippen MR) is 123 cm³/mol. The first-order valence-corrected chi connectivity index (χ1v) is 10.3. The number of nitrogens with zero attached hydrogens (tertiary/aromatic N) is 2. The Kier molecular flexibility index (Phi) is 7.30. The Morgan fingerprint density at radius 2 is 1.39 bits per heavy atom. The molecule has 0 atom stereocenters. The lowest BCUT2D eigenvalue weighted by Crippen LogP contribution is -2.36. The first-order valence-electron chi connectivity index (χ1n) is 9.21. The third-order valence-electron chi connectivity index (χ3n) is 4.94. The maximum Gasteiger partial charge on any atom is 0.151 e. The molecule has 0 aliphatic carbocycles. The summed E-state index contributed by atoms with van der Waals surface area (Å²) < 4.78 is 6.22. The molecule has 0 amide bonds. The minimum Gasteiger partial charge on any atom is -0.453 e. The lowest BCUT2D eigenvalue weighted by Gasteiger charge is -2.34. The van der Waals surface area contributed by atoms with E-state index in [4.69, 9.17) is 27.9 Å². The highest BCUT2D eigenvalue weighted by Crippen LogP contribution is 2.47. The summed E-state index contributed by atoms with van der Waals surface area (Å²) in [6, 6.07) is 20.9. The second-order valence-corrected chi connectivity index (χ2v) is 7.36. The van der Waals surface area contributed by atoms with Crippen LogP contribution in [0.25, 0.3) is 10.8 Å². The molecule has 1 aliphatic heterocycles. The monoisotopic (exact) mass is 436 g/mol. The van der Waals surface area contributed by atoms with E-state index in [9.17, 15) is 0 Å². The van der Waals surface area contributed by atoms with Crippen molar-refractivity contribution in [2.24, 2.45) is 0 Å². The molecule has 0 spiro atoms. The van der Waals surface area contributed by atoms with E-state index in [0.717, 1.165) is 49.1 Å². The summed E-state index contributed by atoms with van der Waals surface area (Å²) in [5, 5.41) is 2.39. The summed E-state index contributed by atoms with van der Waals surface area (Å²) in [7, 11) is 0. The predicted octanol–water partition coefficient (Wildman–Crippen LogP) is 6.29. The van der Waals surface area contributed by atoms with Crippen molar-refractivity contribution in [1.29, 1.82) is 0 Å². The van der Waals surface area contributed by atoms with E-state index < -0.39 is 0 Å². The number of halogens is 3. The van der Waals surface area contributed by atoms with Gasteiger partial charge in [0.15, 0.2) is 11.5 Å². The van der Waals surface area contributed by atoms with Gasteiger partial charge in [0.25, 0.3) is 0 Å². The highest BCUT2D eigenvalue weighted by Gasteiger charge is 2.25. The van der Waals surface area contributed by atoms with Gasteiger partial charge in [-0.2, -0.15) is 0 Å². The number of para-hydroxylation sites is 2. The fraction of sp³-hybridized carbons (Fsp3) is 0.273. The average Bonchev–Trinajstić information content (AvgIpc) is 2.70. The second-order valence-electron chi connectivity index (χ2n) is 6.61. The highest BCUT2D eigenvalue weighted by atomic mass is 35.5. The number of fused-ring (bicyclic) bond motifs is 3. The Labute approximate surface area is 182 Å². The molecule has 3 aromatic rings. The van der Waals surface area contributed by atoms with E-state index in [2.05, 4.69) is 58.3 Å². The second kappa shape index (κ2) is 9.71. The fourth-order valence-electron chi connectivity index (χ4n) is 3.57. The normalized spacial score (nSPS) is 12.3. The van der Waals surface area contributed by atoms with E-state index >= 15 is 0 Å². The molecule has 0 saturated carbocycles. The van der Waals surface area contributed by atoms with Crippen molar-refractivity contribution in [3.8, 4) is 11.5 Å². The summed E-state index contributed by atoms with van der Waals surface area (Å²) in [5.41, 5.74) is 2.20. The van der Waals surface area contributed by atoms with Gasteiger partial charge in [-0.3, -0.25) is 4.90 Å². The molecule has 1 aliphatic rings. The van der Waals surface area contributed by atoms with E-state index in [1.807, 2.05) is 12.1 Å². The van der Waals surface area contributed by atoms with Crippen molar-refractivity contribution in [2.45, 2.75) is 0 Å². The molecule has 0 N–H and O–H groups in total. The third-order valence-corrected chi connectivity index (χ3v) is 5.27.